The van der Waals surface area contributed by atoms with Crippen LogP contribution in [0.2, 0.25) is 0 Å². The lowest BCUT2D eigenvalue weighted by Crippen LogP contribution is -2.24. The summed E-state index contributed by atoms with van der Waals surface area (Å²) < 4.78 is 5.24. The summed E-state index contributed by atoms with van der Waals surface area (Å²) in [5.74, 6) is 0.268. The van der Waals surface area contributed by atoms with Gasteiger partial charge in [0.25, 0.3) is 0 Å². The molecule has 0 aliphatic heterocycles. The number of benzene rings is 1. The fraction of sp³-hybridized carbons (Fsp3) is 0.444. The number of hydrogen-bond acceptors (Lipinski definition) is 6. The molecule has 0 atom stereocenters. The second-order valence-corrected chi connectivity index (χ2v) is 7.78. The number of aromatic nitrogens is 2. The fourth-order valence-corrected chi connectivity index (χ4v) is 2.93. The Hall–Kier alpha value is -2.48. The van der Waals surface area contributed by atoms with Crippen LogP contribution in [-0.2, 0) is 21.5 Å². The van der Waals surface area contributed by atoms with Crippen LogP contribution in [-0.4, -0.2) is 29.1 Å². The topological polar surface area (TPSA) is 93.2 Å². The molecule has 0 unspecified atom stereocenters. The second-order valence-electron chi connectivity index (χ2n) is 6.80. The van der Waals surface area contributed by atoms with E-state index < -0.39 is 0 Å². The van der Waals surface area contributed by atoms with E-state index in [1.165, 1.54) is 11.3 Å². The van der Waals surface area contributed by atoms with E-state index in [0.717, 1.165) is 16.3 Å². The number of rotatable bonds is 7. The molecule has 2 rings (SSSR count). The first kappa shape index (κ1) is 19.8. The summed E-state index contributed by atoms with van der Waals surface area (Å²) >= 11 is 1.35. The average molecular weight is 376 g/mol. The van der Waals surface area contributed by atoms with Crippen LogP contribution in [0.4, 0.5) is 5.13 Å². The van der Waals surface area contributed by atoms with Crippen molar-refractivity contribution in [3.8, 4) is 5.75 Å². The number of ether oxygens (including phenoxy) is 1. The number of carbonyl (C=O) groups excluding carboxylic acids is 2. The highest BCUT2D eigenvalue weighted by atomic mass is 32.1. The molecule has 140 valence electrons. The van der Waals surface area contributed by atoms with Gasteiger partial charge in [0, 0.05) is 30.4 Å². The standard InChI is InChI=1S/C18H24N4O3S/c1-18(2,3)16-21-22-17(26-16)20-15(24)10-9-14(23)19-11-12-7-5-6-8-13(12)25-4/h5-8H,9-11H2,1-4H3,(H,19,23)(H,20,22,24). The monoisotopic (exact) mass is 376 g/mol. The summed E-state index contributed by atoms with van der Waals surface area (Å²) in [6.07, 6.45) is 0.189. The summed E-state index contributed by atoms with van der Waals surface area (Å²) in [5.41, 5.74) is 0.773. The molecule has 0 saturated heterocycles. The molecule has 2 amide bonds. The zero-order valence-electron chi connectivity index (χ0n) is 15.5. The Kier molecular flexibility index (Phi) is 6.68. The maximum Gasteiger partial charge on any atom is 0.226 e. The molecule has 1 heterocycles. The molecule has 0 aliphatic carbocycles. The molecule has 2 aromatic rings. The van der Waals surface area contributed by atoms with Crippen LogP contribution in [0.25, 0.3) is 0 Å². The average Bonchev–Trinajstić information content (AvgIpc) is 3.07. The van der Waals surface area contributed by atoms with Gasteiger partial charge in [-0.2, -0.15) is 0 Å². The number of methoxy groups -OCH3 is 1. The van der Waals surface area contributed by atoms with Gasteiger partial charge in [-0.3, -0.25) is 9.59 Å². The third kappa shape index (κ3) is 5.80. The highest BCUT2D eigenvalue weighted by Crippen LogP contribution is 2.27. The molecule has 0 fully saturated rings. The summed E-state index contributed by atoms with van der Waals surface area (Å²) in [6.45, 7) is 6.46. The molecule has 1 aromatic heterocycles. The fourth-order valence-electron chi connectivity index (χ4n) is 2.12. The van der Waals surface area contributed by atoms with Crippen molar-refractivity contribution in [3.05, 3.63) is 34.8 Å². The van der Waals surface area contributed by atoms with Crippen molar-refractivity contribution < 1.29 is 14.3 Å². The minimum Gasteiger partial charge on any atom is -0.496 e. The normalized spacial score (nSPS) is 11.1. The Bertz CT molecular complexity index is 768. The van der Waals surface area contributed by atoms with Crippen molar-refractivity contribution >= 4 is 28.3 Å². The molecule has 0 bridgehead atoms. The van der Waals surface area contributed by atoms with E-state index >= 15 is 0 Å². The maximum atomic E-state index is 12.0. The minimum atomic E-state index is -0.256. The van der Waals surface area contributed by atoms with Crippen molar-refractivity contribution in [1.29, 1.82) is 0 Å². The SMILES string of the molecule is COc1ccccc1CNC(=O)CCC(=O)Nc1nnc(C(C)(C)C)s1. The molecule has 0 radical (unpaired) electrons. The first-order valence-electron chi connectivity index (χ1n) is 8.32. The van der Waals surface area contributed by atoms with Crippen LogP contribution in [0, 0.1) is 0 Å². The number of carbonyl (C=O) groups is 2. The smallest absolute Gasteiger partial charge is 0.226 e. The van der Waals surface area contributed by atoms with Gasteiger partial charge in [-0.15, -0.1) is 10.2 Å². The van der Waals surface area contributed by atoms with Gasteiger partial charge in [-0.05, 0) is 6.07 Å². The number of nitrogens with one attached hydrogen (secondary N) is 2. The first-order chi connectivity index (χ1) is 12.3. The van der Waals surface area contributed by atoms with Crippen LogP contribution in [0.1, 0.15) is 44.2 Å². The van der Waals surface area contributed by atoms with E-state index in [4.69, 9.17) is 4.74 Å². The summed E-state index contributed by atoms with van der Waals surface area (Å²) in [6, 6.07) is 7.47. The van der Waals surface area contributed by atoms with Gasteiger partial charge >= 0.3 is 0 Å². The molecule has 8 heteroatoms. The van der Waals surface area contributed by atoms with E-state index in [9.17, 15) is 9.59 Å². The van der Waals surface area contributed by atoms with Crippen LogP contribution in [0.5, 0.6) is 5.75 Å². The van der Waals surface area contributed by atoms with Crippen LogP contribution in [0.15, 0.2) is 24.3 Å². The molecular weight excluding hydrogens is 352 g/mol. The van der Waals surface area contributed by atoms with E-state index in [1.807, 2.05) is 45.0 Å². The molecule has 2 N–H and O–H groups in total. The van der Waals surface area contributed by atoms with Crippen LogP contribution >= 0.6 is 11.3 Å². The highest BCUT2D eigenvalue weighted by molar-refractivity contribution is 7.15. The summed E-state index contributed by atoms with van der Waals surface area (Å²) in [4.78, 5) is 23.9. The third-order valence-electron chi connectivity index (χ3n) is 3.56. The number of nitrogens with zero attached hydrogens (tertiary/aromatic N) is 2. The van der Waals surface area contributed by atoms with Crippen molar-refractivity contribution in [2.45, 2.75) is 45.6 Å². The predicted octanol–water partition coefficient (Wildman–Crippen LogP) is 2.88. The zero-order chi connectivity index (χ0) is 19.2. The van der Waals surface area contributed by atoms with E-state index in [0.29, 0.717) is 11.7 Å². The molecule has 7 nitrogen and oxygen atoms in total. The van der Waals surface area contributed by atoms with Gasteiger partial charge in [0.05, 0.1) is 7.11 Å². The quantitative estimate of drug-likeness (QED) is 0.775. The van der Waals surface area contributed by atoms with Crippen molar-refractivity contribution in [3.63, 3.8) is 0 Å². The lowest BCUT2D eigenvalue weighted by atomic mass is 9.98. The van der Waals surface area contributed by atoms with Gasteiger partial charge in [0.1, 0.15) is 10.8 Å². The van der Waals surface area contributed by atoms with Gasteiger partial charge in [0.15, 0.2) is 0 Å². The van der Waals surface area contributed by atoms with Crippen molar-refractivity contribution in [2.24, 2.45) is 0 Å². The summed E-state index contributed by atoms with van der Waals surface area (Å²) in [5, 5.41) is 14.8. The molecule has 0 saturated carbocycles. The minimum absolute atomic E-state index is 0.0855. The Morgan fingerprint density at radius 2 is 1.81 bits per heavy atom. The number of para-hydroxylation sites is 1. The number of hydrogen-bond donors (Lipinski definition) is 2. The first-order valence-corrected chi connectivity index (χ1v) is 9.13. The predicted molar refractivity (Wildman–Crippen MR) is 101 cm³/mol. The lowest BCUT2D eigenvalue weighted by molar-refractivity contribution is -0.124. The van der Waals surface area contributed by atoms with Gasteiger partial charge in [0.2, 0.25) is 16.9 Å². The van der Waals surface area contributed by atoms with Gasteiger partial charge in [-0.25, -0.2) is 0 Å². The van der Waals surface area contributed by atoms with Crippen molar-refractivity contribution in [1.82, 2.24) is 15.5 Å². The van der Waals surface area contributed by atoms with E-state index in [-0.39, 0.29) is 30.1 Å². The molecular formula is C18H24N4O3S. The number of amides is 2. The molecule has 1 aromatic carbocycles. The Morgan fingerprint density at radius 1 is 1.12 bits per heavy atom. The second kappa shape index (κ2) is 8.75. The molecule has 0 aliphatic rings. The summed E-state index contributed by atoms with van der Waals surface area (Å²) in [7, 11) is 1.59. The zero-order valence-corrected chi connectivity index (χ0v) is 16.3. The van der Waals surface area contributed by atoms with Crippen molar-refractivity contribution in [2.75, 3.05) is 12.4 Å². The lowest BCUT2D eigenvalue weighted by Gasteiger charge is -2.12. The Morgan fingerprint density at radius 3 is 2.46 bits per heavy atom. The molecule has 0 spiro atoms. The van der Waals surface area contributed by atoms with E-state index in [2.05, 4.69) is 20.8 Å². The Balaban J connectivity index is 1.76. The van der Waals surface area contributed by atoms with Gasteiger partial charge < -0.3 is 15.4 Å². The maximum absolute atomic E-state index is 12.0. The highest BCUT2D eigenvalue weighted by Gasteiger charge is 2.20. The Labute approximate surface area is 157 Å². The van der Waals surface area contributed by atoms with Crippen LogP contribution < -0.4 is 15.4 Å². The number of anilines is 1. The largest absolute Gasteiger partial charge is 0.496 e. The van der Waals surface area contributed by atoms with Gasteiger partial charge in [-0.1, -0.05) is 50.3 Å². The third-order valence-corrected chi connectivity index (χ3v) is 4.83. The van der Waals surface area contributed by atoms with Crippen LogP contribution in [0.3, 0.4) is 0 Å². The molecule has 26 heavy (non-hydrogen) atoms. The van der Waals surface area contributed by atoms with E-state index in [1.54, 1.807) is 7.11 Å².